The maximum absolute atomic E-state index is 10.6. The third kappa shape index (κ3) is 1.02. The van der Waals surface area contributed by atoms with E-state index >= 15 is 0 Å². The summed E-state index contributed by atoms with van der Waals surface area (Å²) in [7, 11) is 0. The summed E-state index contributed by atoms with van der Waals surface area (Å²) in [6, 6.07) is 0. The molecule has 0 aromatic carbocycles. The second kappa shape index (κ2) is 2.30. The van der Waals surface area contributed by atoms with E-state index in [-0.39, 0.29) is 5.69 Å². The molecule has 0 aliphatic carbocycles. The van der Waals surface area contributed by atoms with Gasteiger partial charge in [-0.25, -0.2) is 0 Å². The van der Waals surface area contributed by atoms with Crippen LogP contribution in [0.2, 0.25) is 0 Å². The molecule has 0 saturated heterocycles. The van der Waals surface area contributed by atoms with Crippen molar-refractivity contribution in [1.29, 1.82) is 0 Å². The van der Waals surface area contributed by atoms with Crippen molar-refractivity contribution >= 4 is 5.91 Å². The molecule has 0 aliphatic rings. The maximum atomic E-state index is 10.6. The minimum absolute atomic E-state index is 0.150. The van der Waals surface area contributed by atoms with E-state index in [1.165, 1.54) is 6.20 Å². The first-order valence-electron chi connectivity index (χ1n) is 2.55. The summed E-state index contributed by atoms with van der Waals surface area (Å²) >= 11 is 0. The van der Waals surface area contributed by atoms with E-state index < -0.39 is 5.91 Å². The first-order chi connectivity index (χ1) is 4.72. The molecule has 1 aromatic heterocycles. The summed E-state index contributed by atoms with van der Waals surface area (Å²) < 4.78 is 0.370. The number of rotatable bonds is 1. The van der Waals surface area contributed by atoms with Gasteiger partial charge in [0.15, 0.2) is 6.20 Å². The molecule has 0 unspecified atom stereocenters. The van der Waals surface area contributed by atoms with Crippen LogP contribution in [0.3, 0.4) is 0 Å². The molecule has 10 heavy (non-hydrogen) atoms. The van der Waals surface area contributed by atoms with E-state index in [0.29, 0.717) is 4.73 Å². The highest BCUT2D eigenvalue weighted by molar-refractivity contribution is 5.88. The minimum Gasteiger partial charge on any atom is -0.618 e. The fourth-order valence-corrected chi connectivity index (χ4v) is 0.522. The fourth-order valence-electron chi connectivity index (χ4n) is 0.522. The Balaban J connectivity index is 3.15. The number of carbonyl (C=O) groups excluding carboxylic acids is 1. The van der Waals surface area contributed by atoms with Crippen LogP contribution in [0.15, 0.2) is 18.6 Å². The van der Waals surface area contributed by atoms with E-state index in [1.54, 1.807) is 0 Å². The molecule has 1 heterocycles. The molecule has 1 rings (SSSR count). The van der Waals surface area contributed by atoms with Gasteiger partial charge in [-0.2, -0.15) is 4.73 Å². The molecule has 5 heteroatoms. The summed E-state index contributed by atoms with van der Waals surface area (Å²) in [6.45, 7) is 0. The topological polar surface area (TPSA) is 82.9 Å². The average molecular weight is 139 g/mol. The van der Waals surface area contributed by atoms with Crippen molar-refractivity contribution in [3.05, 3.63) is 29.5 Å². The highest BCUT2D eigenvalue weighted by Crippen LogP contribution is 1.82. The number of primary amides is 1. The van der Waals surface area contributed by atoms with Crippen molar-refractivity contribution in [2.24, 2.45) is 5.73 Å². The zero-order valence-electron chi connectivity index (χ0n) is 5.02. The number of nitrogens with two attached hydrogens (primary N) is 1. The standard InChI is InChI=1S/C5H5N3O2/c6-5(9)4-3-7-1-2-8(4)10/h1-3H,(H2,6,9). The van der Waals surface area contributed by atoms with Crippen LogP contribution in [0, 0.1) is 5.21 Å². The lowest BCUT2D eigenvalue weighted by atomic mass is 10.4. The van der Waals surface area contributed by atoms with Crippen molar-refractivity contribution < 1.29 is 9.52 Å². The predicted molar refractivity (Wildman–Crippen MR) is 31.7 cm³/mol. The summed E-state index contributed by atoms with van der Waals surface area (Å²) in [5.41, 5.74) is 4.66. The van der Waals surface area contributed by atoms with Crippen LogP contribution >= 0.6 is 0 Å². The van der Waals surface area contributed by atoms with Gasteiger partial charge in [0, 0.05) is 0 Å². The normalized spacial score (nSPS) is 9.20. The number of amides is 1. The first-order valence-corrected chi connectivity index (χ1v) is 2.55. The molecule has 5 nitrogen and oxygen atoms in total. The number of hydrogen-bond donors (Lipinski definition) is 1. The highest BCUT2D eigenvalue weighted by atomic mass is 16.5. The van der Waals surface area contributed by atoms with E-state index in [0.717, 1.165) is 12.4 Å². The summed E-state index contributed by atoms with van der Waals surface area (Å²) in [5, 5.41) is 10.6. The first kappa shape index (κ1) is 6.47. The van der Waals surface area contributed by atoms with Gasteiger partial charge in [0.25, 0.3) is 5.69 Å². The zero-order valence-corrected chi connectivity index (χ0v) is 5.02. The Morgan fingerprint density at radius 1 is 1.80 bits per heavy atom. The van der Waals surface area contributed by atoms with Gasteiger partial charge in [-0.15, -0.1) is 0 Å². The Bertz CT molecular complexity index is 261. The second-order valence-corrected chi connectivity index (χ2v) is 1.65. The number of nitrogens with zero attached hydrogens (tertiary/aromatic N) is 2. The molecule has 1 amide bonds. The molecule has 1 aromatic rings. The quantitative estimate of drug-likeness (QED) is 0.392. The van der Waals surface area contributed by atoms with Crippen LogP contribution < -0.4 is 10.5 Å². The zero-order chi connectivity index (χ0) is 7.56. The molecular weight excluding hydrogens is 134 g/mol. The Kier molecular flexibility index (Phi) is 1.49. The van der Waals surface area contributed by atoms with Crippen LogP contribution in [0.1, 0.15) is 10.5 Å². The highest BCUT2D eigenvalue weighted by Gasteiger charge is 2.09. The summed E-state index contributed by atoms with van der Waals surface area (Å²) in [6.07, 6.45) is 3.51. The monoisotopic (exact) mass is 139 g/mol. The van der Waals surface area contributed by atoms with Gasteiger partial charge in [-0.05, 0) is 0 Å². The number of carbonyl (C=O) groups is 1. The summed E-state index contributed by atoms with van der Waals surface area (Å²) in [5.74, 6) is -0.775. The Morgan fingerprint density at radius 3 is 2.90 bits per heavy atom. The lowest BCUT2D eigenvalue weighted by molar-refractivity contribution is -0.608. The number of aromatic nitrogens is 2. The minimum atomic E-state index is -0.775. The van der Waals surface area contributed by atoms with Crippen molar-refractivity contribution in [3.63, 3.8) is 0 Å². The maximum Gasteiger partial charge on any atom is 0.316 e. The van der Waals surface area contributed by atoms with E-state index in [1.807, 2.05) is 0 Å². The van der Waals surface area contributed by atoms with Gasteiger partial charge < -0.3 is 10.9 Å². The molecule has 0 bridgehead atoms. The lowest BCUT2D eigenvalue weighted by Crippen LogP contribution is -2.36. The van der Waals surface area contributed by atoms with E-state index in [2.05, 4.69) is 4.98 Å². The van der Waals surface area contributed by atoms with Crippen molar-refractivity contribution in [2.75, 3.05) is 0 Å². The van der Waals surface area contributed by atoms with Gasteiger partial charge in [0.1, 0.15) is 6.20 Å². The van der Waals surface area contributed by atoms with Crippen LogP contribution in [-0.4, -0.2) is 10.9 Å². The van der Waals surface area contributed by atoms with Gasteiger partial charge in [-0.1, -0.05) is 0 Å². The molecule has 0 fully saturated rings. The number of hydrogen-bond acceptors (Lipinski definition) is 3. The van der Waals surface area contributed by atoms with E-state index in [4.69, 9.17) is 5.73 Å². The molecule has 0 aliphatic heterocycles. The van der Waals surface area contributed by atoms with Crippen LogP contribution in [-0.2, 0) is 0 Å². The molecule has 0 atom stereocenters. The Hall–Kier alpha value is -1.65. The average Bonchev–Trinajstić information content (AvgIpc) is 1.88. The summed E-state index contributed by atoms with van der Waals surface area (Å²) in [4.78, 5) is 13.9. The van der Waals surface area contributed by atoms with Gasteiger partial charge in [0.05, 0.1) is 6.20 Å². The lowest BCUT2D eigenvalue weighted by Gasteiger charge is -1.96. The van der Waals surface area contributed by atoms with Gasteiger partial charge >= 0.3 is 5.91 Å². The Morgan fingerprint density at radius 2 is 2.50 bits per heavy atom. The van der Waals surface area contributed by atoms with Crippen LogP contribution in [0.4, 0.5) is 0 Å². The van der Waals surface area contributed by atoms with Crippen LogP contribution in [0.25, 0.3) is 0 Å². The Labute approximate surface area is 56.7 Å². The SMILES string of the molecule is NC(=O)c1cncc[n+]1[O-]. The molecule has 0 saturated carbocycles. The molecule has 52 valence electrons. The largest absolute Gasteiger partial charge is 0.618 e. The third-order valence-electron chi connectivity index (χ3n) is 0.975. The van der Waals surface area contributed by atoms with Gasteiger partial charge in [0.2, 0.25) is 0 Å². The predicted octanol–water partition coefficient (Wildman–Crippen LogP) is -1.19. The third-order valence-corrected chi connectivity index (χ3v) is 0.975. The van der Waals surface area contributed by atoms with Crippen LogP contribution in [0.5, 0.6) is 0 Å². The van der Waals surface area contributed by atoms with E-state index in [9.17, 15) is 10.0 Å². The smallest absolute Gasteiger partial charge is 0.316 e. The van der Waals surface area contributed by atoms with Crippen molar-refractivity contribution in [3.8, 4) is 0 Å². The molecule has 0 radical (unpaired) electrons. The molecule has 2 N–H and O–H groups in total. The van der Waals surface area contributed by atoms with Crippen molar-refractivity contribution in [1.82, 2.24) is 4.98 Å². The molecule has 0 spiro atoms. The fraction of sp³-hybridized carbons (Fsp3) is 0. The van der Waals surface area contributed by atoms with Crippen molar-refractivity contribution in [2.45, 2.75) is 0 Å². The second-order valence-electron chi connectivity index (χ2n) is 1.65. The molecular formula is C5H5N3O2. The van der Waals surface area contributed by atoms with Gasteiger partial charge in [-0.3, -0.25) is 9.78 Å².